The first-order chi connectivity index (χ1) is 7.20. The third-order valence-corrected chi connectivity index (χ3v) is 3.17. The quantitative estimate of drug-likeness (QED) is 0.741. The predicted molar refractivity (Wildman–Crippen MR) is 57.5 cm³/mol. The lowest BCUT2D eigenvalue weighted by Gasteiger charge is -2.22. The number of carbonyl (C=O) groups is 1. The maximum Gasteiger partial charge on any atom is 0.315 e. The van der Waals surface area contributed by atoms with E-state index in [1.807, 2.05) is 24.3 Å². The molecule has 0 amide bonds. The van der Waals surface area contributed by atoms with E-state index in [1.165, 1.54) is 0 Å². The van der Waals surface area contributed by atoms with Gasteiger partial charge in [0.05, 0.1) is 0 Å². The van der Waals surface area contributed by atoms with Gasteiger partial charge in [-0.3, -0.25) is 4.79 Å². The number of terminal acetylenes is 1. The van der Waals surface area contributed by atoms with E-state index in [-0.39, 0.29) is 6.42 Å². The first kappa shape index (κ1) is 9.79. The van der Waals surface area contributed by atoms with E-state index in [2.05, 4.69) is 5.92 Å². The molecule has 1 unspecified atom stereocenters. The standard InChI is InChI=1S/C13H12O2/c1-2-8-13(12(14)15)9-7-10-5-3-4-6-11(10)13/h1,3-6H,7-9H2,(H,14,15). The molecule has 1 aromatic carbocycles. The van der Waals surface area contributed by atoms with Crippen LogP contribution in [0.3, 0.4) is 0 Å². The Morgan fingerprint density at radius 2 is 2.27 bits per heavy atom. The van der Waals surface area contributed by atoms with Gasteiger partial charge in [-0.1, -0.05) is 24.3 Å². The topological polar surface area (TPSA) is 37.3 Å². The molecule has 76 valence electrons. The molecule has 0 saturated heterocycles. The molecule has 0 heterocycles. The lowest BCUT2D eigenvalue weighted by molar-refractivity contribution is -0.143. The molecule has 15 heavy (non-hydrogen) atoms. The van der Waals surface area contributed by atoms with Crippen molar-refractivity contribution < 1.29 is 9.90 Å². The molecule has 1 aromatic rings. The highest BCUT2D eigenvalue weighted by Crippen LogP contribution is 2.41. The number of hydrogen-bond donors (Lipinski definition) is 1. The van der Waals surface area contributed by atoms with E-state index in [0.29, 0.717) is 6.42 Å². The summed E-state index contributed by atoms with van der Waals surface area (Å²) in [5.74, 6) is 1.69. The number of rotatable bonds is 2. The molecule has 0 fully saturated rings. The van der Waals surface area contributed by atoms with Gasteiger partial charge >= 0.3 is 5.97 Å². The SMILES string of the molecule is C#CCC1(C(=O)O)CCc2ccccc21. The molecule has 0 bridgehead atoms. The van der Waals surface area contributed by atoms with Crippen molar-refractivity contribution in [3.8, 4) is 12.3 Å². The van der Waals surface area contributed by atoms with Crippen LogP contribution in [0.4, 0.5) is 0 Å². The van der Waals surface area contributed by atoms with Gasteiger partial charge in [-0.15, -0.1) is 12.3 Å². The summed E-state index contributed by atoms with van der Waals surface area (Å²) in [5, 5.41) is 9.35. The van der Waals surface area contributed by atoms with Crippen molar-refractivity contribution in [2.45, 2.75) is 24.7 Å². The zero-order valence-corrected chi connectivity index (χ0v) is 8.36. The number of hydrogen-bond acceptors (Lipinski definition) is 1. The Labute approximate surface area is 88.9 Å². The first-order valence-corrected chi connectivity index (χ1v) is 4.96. The summed E-state index contributed by atoms with van der Waals surface area (Å²) in [7, 11) is 0. The highest BCUT2D eigenvalue weighted by atomic mass is 16.4. The van der Waals surface area contributed by atoms with Gasteiger partial charge in [-0.2, -0.15) is 0 Å². The van der Waals surface area contributed by atoms with Crippen LogP contribution in [0, 0.1) is 12.3 Å². The van der Waals surface area contributed by atoms with Crippen molar-refractivity contribution in [1.82, 2.24) is 0 Å². The van der Waals surface area contributed by atoms with Gasteiger partial charge in [0, 0.05) is 6.42 Å². The van der Waals surface area contributed by atoms with E-state index in [4.69, 9.17) is 6.42 Å². The van der Waals surface area contributed by atoms with Crippen LogP contribution in [-0.2, 0) is 16.6 Å². The van der Waals surface area contributed by atoms with Crippen LogP contribution in [0.25, 0.3) is 0 Å². The molecule has 0 aliphatic heterocycles. The van der Waals surface area contributed by atoms with Crippen molar-refractivity contribution in [3.05, 3.63) is 35.4 Å². The molecule has 1 N–H and O–H groups in total. The number of aliphatic carboxylic acids is 1. The Morgan fingerprint density at radius 1 is 1.53 bits per heavy atom. The molecule has 1 atom stereocenters. The van der Waals surface area contributed by atoms with Gasteiger partial charge in [0.2, 0.25) is 0 Å². The Balaban J connectivity index is 2.55. The monoisotopic (exact) mass is 200 g/mol. The zero-order valence-electron chi connectivity index (χ0n) is 8.36. The number of aryl methyl sites for hydroxylation is 1. The molecule has 0 radical (unpaired) electrons. The zero-order chi connectivity index (χ0) is 10.9. The maximum atomic E-state index is 11.4. The molecule has 1 aliphatic rings. The Morgan fingerprint density at radius 3 is 2.93 bits per heavy atom. The molecular formula is C13H12O2. The van der Waals surface area contributed by atoms with Gasteiger partial charge in [0.1, 0.15) is 5.41 Å². The van der Waals surface area contributed by atoms with Crippen molar-refractivity contribution in [2.24, 2.45) is 0 Å². The smallest absolute Gasteiger partial charge is 0.315 e. The Kier molecular flexibility index (Phi) is 2.24. The lowest BCUT2D eigenvalue weighted by Crippen LogP contribution is -2.32. The Hall–Kier alpha value is -1.75. The summed E-state index contributed by atoms with van der Waals surface area (Å²) in [6.07, 6.45) is 6.98. The molecule has 0 aromatic heterocycles. The van der Waals surface area contributed by atoms with E-state index in [1.54, 1.807) is 0 Å². The van der Waals surface area contributed by atoms with Gasteiger partial charge < -0.3 is 5.11 Å². The third kappa shape index (κ3) is 1.32. The summed E-state index contributed by atoms with van der Waals surface area (Å²) in [6.45, 7) is 0. The minimum absolute atomic E-state index is 0.277. The minimum atomic E-state index is -0.842. The van der Waals surface area contributed by atoms with Crippen molar-refractivity contribution in [1.29, 1.82) is 0 Å². The fourth-order valence-corrected chi connectivity index (χ4v) is 2.34. The molecule has 2 heteroatoms. The van der Waals surface area contributed by atoms with Crippen LogP contribution < -0.4 is 0 Å². The average molecular weight is 200 g/mol. The predicted octanol–water partition coefficient (Wildman–Crippen LogP) is 1.98. The normalized spacial score (nSPS) is 23.1. The van der Waals surface area contributed by atoms with Gasteiger partial charge in [-0.25, -0.2) is 0 Å². The molecule has 2 rings (SSSR count). The summed E-state index contributed by atoms with van der Waals surface area (Å²) in [4.78, 5) is 11.4. The van der Waals surface area contributed by atoms with Crippen LogP contribution in [0.1, 0.15) is 24.0 Å². The van der Waals surface area contributed by atoms with Crippen LogP contribution in [-0.4, -0.2) is 11.1 Å². The molecular weight excluding hydrogens is 188 g/mol. The fraction of sp³-hybridized carbons (Fsp3) is 0.308. The van der Waals surface area contributed by atoms with Crippen molar-refractivity contribution in [2.75, 3.05) is 0 Å². The van der Waals surface area contributed by atoms with Crippen molar-refractivity contribution in [3.63, 3.8) is 0 Å². The summed E-state index contributed by atoms with van der Waals surface area (Å²) < 4.78 is 0. The molecule has 0 saturated carbocycles. The van der Waals surface area contributed by atoms with E-state index in [0.717, 1.165) is 17.5 Å². The number of carboxylic acid groups (broad SMARTS) is 1. The molecule has 1 aliphatic carbocycles. The highest BCUT2D eigenvalue weighted by Gasteiger charge is 2.44. The third-order valence-electron chi connectivity index (χ3n) is 3.17. The second-order valence-electron chi connectivity index (χ2n) is 3.93. The maximum absolute atomic E-state index is 11.4. The lowest BCUT2D eigenvalue weighted by atomic mass is 9.79. The second kappa shape index (κ2) is 3.43. The Bertz CT molecular complexity index is 442. The van der Waals surface area contributed by atoms with Gasteiger partial charge in [0.25, 0.3) is 0 Å². The van der Waals surface area contributed by atoms with Crippen LogP contribution in [0.15, 0.2) is 24.3 Å². The number of benzene rings is 1. The van der Waals surface area contributed by atoms with Crippen LogP contribution >= 0.6 is 0 Å². The van der Waals surface area contributed by atoms with Gasteiger partial charge in [-0.05, 0) is 24.0 Å². The first-order valence-electron chi connectivity index (χ1n) is 4.96. The summed E-state index contributed by atoms with van der Waals surface area (Å²) in [5.41, 5.74) is 1.18. The second-order valence-corrected chi connectivity index (χ2v) is 3.93. The number of carboxylic acids is 1. The number of fused-ring (bicyclic) bond motifs is 1. The largest absolute Gasteiger partial charge is 0.481 e. The van der Waals surface area contributed by atoms with Crippen molar-refractivity contribution >= 4 is 5.97 Å². The van der Waals surface area contributed by atoms with E-state index in [9.17, 15) is 9.90 Å². The summed E-state index contributed by atoms with van der Waals surface area (Å²) >= 11 is 0. The van der Waals surface area contributed by atoms with Crippen LogP contribution in [0.5, 0.6) is 0 Å². The average Bonchev–Trinajstić information content (AvgIpc) is 2.60. The minimum Gasteiger partial charge on any atom is -0.481 e. The highest BCUT2D eigenvalue weighted by molar-refractivity contribution is 5.83. The molecule has 0 spiro atoms. The fourth-order valence-electron chi connectivity index (χ4n) is 2.34. The van der Waals surface area contributed by atoms with Crippen LogP contribution in [0.2, 0.25) is 0 Å². The van der Waals surface area contributed by atoms with E-state index >= 15 is 0 Å². The van der Waals surface area contributed by atoms with Gasteiger partial charge in [0.15, 0.2) is 0 Å². The molecule has 2 nitrogen and oxygen atoms in total. The summed E-state index contributed by atoms with van der Waals surface area (Å²) in [6, 6.07) is 7.68. The van der Waals surface area contributed by atoms with E-state index < -0.39 is 11.4 Å².